The molecule has 2 aromatic rings. The molecule has 0 spiro atoms. The lowest BCUT2D eigenvalue weighted by Gasteiger charge is -2.09. The average Bonchev–Trinajstić information content (AvgIpc) is 2.49. The predicted molar refractivity (Wildman–Crippen MR) is 81.4 cm³/mol. The average molecular weight is 305 g/mol. The van der Waals surface area contributed by atoms with Crippen LogP contribution in [-0.2, 0) is 0 Å². The van der Waals surface area contributed by atoms with Gasteiger partial charge in [-0.25, -0.2) is 4.98 Å². The van der Waals surface area contributed by atoms with Crippen LogP contribution in [0.5, 0.6) is 0 Å². The number of carbonyl (C=O) groups excluding carboxylic acids is 2. The van der Waals surface area contributed by atoms with Crippen LogP contribution in [0.1, 0.15) is 20.8 Å². The summed E-state index contributed by atoms with van der Waals surface area (Å²) in [5, 5.41) is 5.40. The first kappa shape index (κ1) is 14.8. The van der Waals surface area contributed by atoms with Crippen LogP contribution in [0.3, 0.4) is 0 Å². The van der Waals surface area contributed by atoms with Crippen LogP contribution in [0.2, 0.25) is 5.02 Å². The maximum atomic E-state index is 12.1. The highest BCUT2D eigenvalue weighted by molar-refractivity contribution is 6.34. The fourth-order valence-electron chi connectivity index (χ4n) is 1.70. The molecule has 108 valence electrons. The largest absolute Gasteiger partial charge is 0.397 e. The minimum atomic E-state index is -0.496. The lowest BCUT2D eigenvalue weighted by atomic mass is 10.2. The molecule has 0 aliphatic carbocycles. The third kappa shape index (κ3) is 3.29. The van der Waals surface area contributed by atoms with Crippen molar-refractivity contribution in [1.29, 1.82) is 0 Å². The zero-order chi connectivity index (χ0) is 15.4. The fourth-order valence-corrected chi connectivity index (χ4v) is 1.86. The Bertz CT molecular complexity index is 703. The molecule has 0 aliphatic rings. The Hall–Kier alpha value is -2.60. The highest BCUT2D eigenvalue weighted by atomic mass is 35.5. The molecule has 0 fully saturated rings. The number of nitrogen functional groups attached to an aromatic ring is 1. The summed E-state index contributed by atoms with van der Waals surface area (Å²) in [5.74, 6) is -0.774. The van der Waals surface area contributed by atoms with Gasteiger partial charge in [-0.1, -0.05) is 11.6 Å². The first-order valence-corrected chi connectivity index (χ1v) is 6.44. The van der Waals surface area contributed by atoms with Gasteiger partial charge in [0.05, 0.1) is 16.4 Å². The highest BCUT2D eigenvalue weighted by Crippen LogP contribution is 2.24. The third-order valence-corrected chi connectivity index (χ3v) is 3.09. The maximum Gasteiger partial charge on any atom is 0.276 e. The van der Waals surface area contributed by atoms with E-state index in [9.17, 15) is 9.59 Å². The van der Waals surface area contributed by atoms with Crippen molar-refractivity contribution >= 4 is 34.8 Å². The number of amides is 2. The molecule has 4 N–H and O–H groups in total. The highest BCUT2D eigenvalue weighted by Gasteiger charge is 2.14. The van der Waals surface area contributed by atoms with E-state index in [2.05, 4.69) is 15.6 Å². The van der Waals surface area contributed by atoms with E-state index in [4.69, 9.17) is 17.3 Å². The van der Waals surface area contributed by atoms with Crippen LogP contribution in [0.15, 0.2) is 36.5 Å². The number of benzene rings is 1. The molecule has 1 aromatic heterocycles. The van der Waals surface area contributed by atoms with Gasteiger partial charge in [0.15, 0.2) is 5.69 Å². The van der Waals surface area contributed by atoms with Crippen molar-refractivity contribution in [3.63, 3.8) is 0 Å². The lowest BCUT2D eigenvalue weighted by Crippen LogP contribution is -2.19. The molecular formula is C14H13ClN4O2. The quantitative estimate of drug-likeness (QED) is 0.807. The van der Waals surface area contributed by atoms with Gasteiger partial charge in [0.2, 0.25) is 0 Å². The van der Waals surface area contributed by atoms with Crippen LogP contribution >= 0.6 is 11.6 Å². The molecule has 21 heavy (non-hydrogen) atoms. The fraction of sp³-hybridized carbons (Fsp3) is 0.0714. The first-order chi connectivity index (χ1) is 10.0. The van der Waals surface area contributed by atoms with Crippen molar-refractivity contribution in [2.75, 3.05) is 18.1 Å². The van der Waals surface area contributed by atoms with Gasteiger partial charge in [0.1, 0.15) is 0 Å². The number of rotatable bonds is 3. The maximum absolute atomic E-state index is 12.1. The van der Waals surface area contributed by atoms with Crippen LogP contribution in [-0.4, -0.2) is 23.8 Å². The second kappa shape index (κ2) is 6.23. The minimum absolute atomic E-state index is 0.0962. The second-order valence-corrected chi connectivity index (χ2v) is 4.58. The molecule has 6 nitrogen and oxygen atoms in total. The molecule has 1 heterocycles. The number of aromatic nitrogens is 1. The molecule has 2 rings (SSSR count). The van der Waals surface area contributed by atoms with E-state index in [-0.39, 0.29) is 17.3 Å². The van der Waals surface area contributed by atoms with Crippen LogP contribution in [0, 0.1) is 0 Å². The van der Waals surface area contributed by atoms with Gasteiger partial charge in [0, 0.05) is 18.8 Å². The number of hydrogen-bond donors (Lipinski definition) is 3. The standard InChI is InChI=1S/C14H13ClN4O2/c1-17-13(20)8-4-5-9(15)11(7-8)19-14(21)12-10(16)3-2-6-18-12/h2-7H,16H2,1H3,(H,17,20)(H,19,21). The molecule has 0 bridgehead atoms. The number of carbonyl (C=O) groups is 2. The predicted octanol–water partition coefficient (Wildman–Crippen LogP) is 1.93. The van der Waals surface area contributed by atoms with Crippen LogP contribution < -0.4 is 16.4 Å². The third-order valence-electron chi connectivity index (χ3n) is 2.76. The Balaban J connectivity index is 2.29. The van der Waals surface area contributed by atoms with Crippen LogP contribution in [0.4, 0.5) is 11.4 Å². The Morgan fingerprint density at radius 1 is 1.24 bits per heavy atom. The van der Waals surface area contributed by atoms with Gasteiger partial charge in [-0.3, -0.25) is 9.59 Å². The molecule has 0 unspecified atom stereocenters. The van der Waals surface area contributed by atoms with Crippen molar-refractivity contribution in [1.82, 2.24) is 10.3 Å². The number of halogens is 1. The van der Waals surface area contributed by atoms with E-state index in [1.807, 2.05) is 0 Å². The summed E-state index contributed by atoms with van der Waals surface area (Å²) in [7, 11) is 1.52. The van der Waals surface area contributed by atoms with Crippen molar-refractivity contribution in [2.45, 2.75) is 0 Å². The van der Waals surface area contributed by atoms with Crippen molar-refractivity contribution in [2.24, 2.45) is 0 Å². The number of nitrogens with two attached hydrogens (primary N) is 1. The molecular weight excluding hydrogens is 292 g/mol. The minimum Gasteiger partial charge on any atom is -0.397 e. The summed E-state index contributed by atoms with van der Waals surface area (Å²) in [4.78, 5) is 27.6. The van der Waals surface area contributed by atoms with E-state index >= 15 is 0 Å². The number of anilines is 2. The summed E-state index contributed by atoms with van der Waals surface area (Å²) in [6.07, 6.45) is 1.47. The SMILES string of the molecule is CNC(=O)c1ccc(Cl)c(NC(=O)c2ncccc2N)c1. The van der Waals surface area contributed by atoms with E-state index < -0.39 is 5.91 Å². The van der Waals surface area contributed by atoms with Gasteiger partial charge in [-0.05, 0) is 30.3 Å². The van der Waals surface area contributed by atoms with Gasteiger partial charge >= 0.3 is 0 Å². The second-order valence-electron chi connectivity index (χ2n) is 4.17. The molecule has 0 aliphatic heterocycles. The monoisotopic (exact) mass is 304 g/mol. The Labute approximate surface area is 126 Å². The van der Waals surface area contributed by atoms with E-state index in [0.29, 0.717) is 16.3 Å². The normalized spacial score (nSPS) is 10.0. The van der Waals surface area contributed by atoms with Crippen LogP contribution in [0.25, 0.3) is 0 Å². The first-order valence-electron chi connectivity index (χ1n) is 6.06. The number of nitrogens with one attached hydrogen (secondary N) is 2. The number of hydrogen-bond acceptors (Lipinski definition) is 4. The van der Waals surface area contributed by atoms with E-state index in [0.717, 1.165) is 0 Å². The summed E-state index contributed by atoms with van der Waals surface area (Å²) in [6, 6.07) is 7.78. The molecule has 0 radical (unpaired) electrons. The smallest absolute Gasteiger partial charge is 0.276 e. The Morgan fingerprint density at radius 2 is 2.00 bits per heavy atom. The Morgan fingerprint density at radius 3 is 2.67 bits per heavy atom. The summed E-state index contributed by atoms with van der Waals surface area (Å²) in [6.45, 7) is 0. The van der Waals surface area contributed by atoms with Gasteiger partial charge in [0.25, 0.3) is 11.8 Å². The lowest BCUT2D eigenvalue weighted by molar-refractivity contribution is 0.0961. The molecule has 7 heteroatoms. The molecule has 0 saturated heterocycles. The van der Waals surface area contributed by atoms with Crippen molar-refractivity contribution in [3.05, 3.63) is 52.8 Å². The van der Waals surface area contributed by atoms with Gasteiger partial charge in [-0.2, -0.15) is 0 Å². The van der Waals surface area contributed by atoms with Gasteiger partial charge in [-0.15, -0.1) is 0 Å². The van der Waals surface area contributed by atoms with Crippen molar-refractivity contribution in [3.8, 4) is 0 Å². The molecule has 0 atom stereocenters. The number of pyridine rings is 1. The molecule has 1 aromatic carbocycles. The number of nitrogens with zero attached hydrogens (tertiary/aromatic N) is 1. The zero-order valence-corrected chi connectivity index (χ0v) is 11.9. The molecule has 2 amide bonds. The van der Waals surface area contributed by atoms with E-state index in [1.54, 1.807) is 18.2 Å². The summed E-state index contributed by atoms with van der Waals surface area (Å²) in [5.41, 5.74) is 6.74. The summed E-state index contributed by atoms with van der Waals surface area (Å²) < 4.78 is 0. The Kier molecular flexibility index (Phi) is 4.39. The zero-order valence-electron chi connectivity index (χ0n) is 11.2. The van der Waals surface area contributed by atoms with Gasteiger partial charge < -0.3 is 16.4 Å². The molecule has 0 saturated carbocycles. The topological polar surface area (TPSA) is 97.1 Å². The summed E-state index contributed by atoms with van der Waals surface area (Å²) >= 11 is 6.02. The van der Waals surface area contributed by atoms with Crippen molar-refractivity contribution < 1.29 is 9.59 Å². The van der Waals surface area contributed by atoms with E-state index in [1.165, 1.54) is 25.4 Å².